The van der Waals surface area contributed by atoms with Crippen molar-refractivity contribution in [3.05, 3.63) is 0 Å². The Labute approximate surface area is 128 Å². The molecule has 2 aliphatic rings. The summed E-state index contributed by atoms with van der Waals surface area (Å²) in [4.78, 5) is 36.4. The summed E-state index contributed by atoms with van der Waals surface area (Å²) < 4.78 is 15.3. The highest BCUT2D eigenvalue weighted by atomic mass is 16.6. The highest BCUT2D eigenvalue weighted by Crippen LogP contribution is 2.38. The van der Waals surface area contributed by atoms with Gasteiger partial charge < -0.3 is 19.3 Å². The number of nitrogens with one attached hydrogen (secondary N) is 1. The minimum Gasteiger partial charge on any atom is -0.463 e. The molecule has 2 bridgehead atoms. The molecule has 0 radical (unpaired) electrons. The molecule has 0 aromatic rings. The number of carbonyl (C=O) groups excluding carboxylic acids is 3. The molecular formula is C14H21NO7. The molecule has 2 aliphatic heterocycles. The predicted molar refractivity (Wildman–Crippen MR) is 72.6 cm³/mol. The van der Waals surface area contributed by atoms with Gasteiger partial charge in [0.25, 0.3) is 5.60 Å². The lowest BCUT2D eigenvalue weighted by Gasteiger charge is -2.36. The zero-order valence-electron chi connectivity index (χ0n) is 13.0. The van der Waals surface area contributed by atoms with E-state index >= 15 is 0 Å². The number of aliphatic hydroxyl groups excluding tert-OH is 1. The second kappa shape index (κ2) is 5.51. The van der Waals surface area contributed by atoms with E-state index in [9.17, 15) is 19.5 Å². The Hall–Kier alpha value is -1.67. The maximum Gasteiger partial charge on any atom is 0.355 e. The van der Waals surface area contributed by atoms with Crippen LogP contribution in [0.2, 0.25) is 0 Å². The summed E-state index contributed by atoms with van der Waals surface area (Å²) in [6, 6.07) is -2.07. The van der Waals surface area contributed by atoms with Gasteiger partial charge in [0, 0.05) is 6.04 Å². The molecule has 4 atom stereocenters. The largest absolute Gasteiger partial charge is 0.463 e. The lowest BCUT2D eigenvalue weighted by atomic mass is 9.87. The van der Waals surface area contributed by atoms with Crippen LogP contribution in [0.3, 0.4) is 0 Å². The maximum atomic E-state index is 12.4. The Kier molecular flexibility index (Phi) is 4.18. The maximum absolute atomic E-state index is 12.4. The summed E-state index contributed by atoms with van der Waals surface area (Å²) in [6.07, 6.45) is -1.51. The van der Waals surface area contributed by atoms with Gasteiger partial charge in [0.05, 0.1) is 13.0 Å². The van der Waals surface area contributed by atoms with E-state index in [1.54, 1.807) is 27.7 Å². The number of carbonyl (C=O) groups is 3. The Balaban J connectivity index is 2.38. The van der Waals surface area contributed by atoms with E-state index in [4.69, 9.17) is 14.2 Å². The lowest BCUT2D eigenvalue weighted by Crippen LogP contribution is -2.63. The van der Waals surface area contributed by atoms with Gasteiger partial charge in [-0.15, -0.1) is 0 Å². The Bertz CT molecular complexity index is 498. The summed E-state index contributed by atoms with van der Waals surface area (Å²) >= 11 is 0. The van der Waals surface area contributed by atoms with Crippen LogP contribution >= 0.6 is 0 Å². The number of esters is 3. The van der Waals surface area contributed by atoms with Crippen molar-refractivity contribution in [3.8, 4) is 0 Å². The number of ether oxygens (including phenoxy) is 3. The van der Waals surface area contributed by atoms with Gasteiger partial charge in [-0.2, -0.15) is 0 Å². The summed E-state index contributed by atoms with van der Waals surface area (Å²) in [7, 11) is 0. The second-order valence-corrected chi connectivity index (χ2v) is 6.38. The summed E-state index contributed by atoms with van der Waals surface area (Å²) in [6.45, 7) is 6.62. The first kappa shape index (κ1) is 16.7. The fourth-order valence-electron chi connectivity index (χ4n) is 2.73. The van der Waals surface area contributed by atoms with Crippen LogP contribution in [-0.4, -0.2) is 59.0 Å². The van der Waals surface area contributed by atoms with Gasteiger partial charge in [-0.05, 0) is 27.7 Å². The van der Waals surface area contributed by atoms with Crippen LogP contribution in [-0.2, 0) is 28.6 Å². The molecule has 0 spiro atoms. The molecule has 2 fully saturated rings. The van der Waals surface area contributed by atoms with E-state index in [-0.39, 0.29) is 13.0 Å². The van der Waals surface area contributed by atoms with Crippen molar-refractivity contribution in [2.75, 3.05) is 6.61 Å². The molecule has 0 amide bonds. The van der Waals surface area contributed by atoms with E-state index in [1.165, 1.54) is 0 Å². The van der Waals surface area contributed by atoms with Crippen LogP contribution in [0, 0.1) is 0 Å². The van der Waals surface area contributed by atoms with Crippen molar-refractivity contribution < 1.29 is 33.7 Å². The molecule has 0 aromatic heterocycles. The molecule has 0 saturated carbocycles. The minimum atomic E-state index is -2.10. The Morgan fingerprint density at radius 2 is 2.09 bits per heavy atom. The van der Waals surface area contributed by atoms with Crippen molar-refractivity contribution >= 4 is 17.9 Å². The monoisotopic (exact) mass is 315 g/mol. The van der Waals surface area contributed by atoms with Crippen LogP contribution in [0.5, 0.6) is 0 Å². The number of aliphatic hydroxyl groups is 1. The summed E-state index contributed by atoms with van der Waals surface area (Å²) in [5.41, 5.74) is -2.89. The number of hydrogen-bond donors (Lipinski definition) is 2. The van der Waals surface area contributed by atoms with E-state index in [0.29, 0.717) is 0 Å². The van der Waals surface area contributed by atoms with Gasteiger partial charge in [0.2, 0.25) is 0 Å². The molecule has 2 saturated heterocycles. The van der Waals surface area contributed by atoms with E-state index in [2.05, 4.69) is 5.32 Å². The third kappa shape index (κ3) is 2.68. The van der Waals surface area contributed by atoms with Crippen molar-refractivity contribution in [2.45, 2.75) is 63.5 Å². The topological polar surface area (TPSA) is 111 Å². The second-order valence-electron chi connectivity index (χ2n) is 6.38. The highest BCUT2D eigenvalue weighted by molar-refractivity contribution is 5.95. The third-order valence-corrected chi connectivity index (χ3v) is 3.54. The smallest absolute Gasteiger partial charge is 0.355 e. The number of hydrogen-bond acceptors (Lipinski definition) is 8. The first-order valence-corrected chi connectivity index (χ1v) is 7.18. The first-order valence-electron chi connectivity index (χ1n) is 7.18. The predicted octanol–water partition coefficient (Wildman–Crippen LogP) is -0.722. The van der Waals surface area contributed by atoms with Gasteiger partial charge >= 0.3 is 17.9 Å². The van der Waals surface area contributed by atoms with Gasteiger partial charge in [0.15, 0.2) is 6.04 Å². The molecule has 2 heterocycles. The minimum absolute atomic E-state index is 0.0244. The van der Waals surface area contributed by atoms with E-state index < -0.39 is 47.3 Å². The molecule has 0 aliphatic carbocycles. The quantitative estimate of drug-likeness (QED) is 0.518. The lowest BCUT2D eigenvalue weighted by molar-refractivity contribution is -0.205. The number of rotatable bonds is 3. The van der Waals surface area contributed by atoms with Gasteiger partial charge in [-0.25, -0.2) is 4.79 Å². The Morgan fingerprint density at radius 3 is 2.64 bits per heavy atom. The van der Waals surface area contributed by atoms with Crippen LogP contribution < -0.4 is 5.32 Å². The standard InChI is InChI=1S/C14H21NO7/c1-5-20-12(19)14-9(11(18)22-13(2,3)4)15-7(10(14)17)6-8(16)21-14/h7,9-10,15,17H,5-6H2,1-4H3/t7-,9-,10+,14+/m1/s1. The first-order chi connectivity index (χ1) is 10.1. The average Bonchev–Trinajstić information content (AvgIpc) is 2.54. The molecule has 8 nitrogen and oxygen atoms in total. The fourth-order valence-corrected chi connectivity index (χ4v) is 2.73. The fraction of sp³-hybridized carbons (Fsp3) is 0.786. The van der Waals surface area contributed by atoms with Gasteiger partial charge in [-0.1, -0.05) is 0 Å². The SMILES string of the molecule is CCOC(=O)[C@]12OC(=O)C[C@@H](N[C@@H]1C(=O)OC(C)(C)C)[C@@H]2O. The molecule has 22 heavy (non-hydrogen) atoms. The van der Waals surface area contributed by atoms with Crippen LogP contribution in [0.1, 0.15) is 34.1 Å². The molecule has 124 valence electrons. The van der Waals surface area contributed by atoms with Crippen molar-refractivity contribution in [2.24, 2.45) is 0 Å². The molecular weight excluding hydrogens is 294 g/mol. The third-order valence-electron chi connectivity index (χ3n) is 3.54. The molecule has 8 heteroatoms. The summed E-state index contributed by atoms with van der Waals surface area (Å²) in [5, 5.41) is 13.1. The van der Waals surface area contributed by atoms with Crippen LogP contribution in [0.15, 0.2) is 0 Å². The Morgan fingerprint density at radius 1 is 1.45 bits per heavy atom. The van der Waals surface area contributed by atoms with E-state index in [0.717, 1.165) is 0 Å². The van der Waals surface area contributed by atoms with Gasteiger partial charge in [0.1, 0.15) is 11.7 Å². The molecule has 2 N–H and O–H groups in total. The van der Waals surface area contributed by atoms with Crippen LogP contribution in [0.25, 0.3) is 0 Å². The van der Waals surface area contributed by atoms with E-state index in [1.807, 2.05) is 0 Å². The van der Waals surface area contributed by atoms with Gasteiger partial charge in [-0.3, -0.25) is 14.9 Å². The molecule has 0 aromatic carbocycles. The molecule has 2 rings (SSSR count). The zero-order chi connectivity index (χ0) is 16.7. The highest BCUT2D eigenvalue weighted by Gasteiger charge is 2.69. The average molecular weight is 315 g/mol. The molecule has 0 unspecified atom stereocenters. The van der Waals surface area contributed by atoms with Crippen molar-refractivity contribution in [1.29, 1.82) is 0 Å². The van der Waals surface area contributed by atoms with Crippen molar-refractivity contribution in [1.82, 2.24) is 5.32 Å². The zero-order valence-corrected chi connectivity index (χ0v) is 13.0. The van der Waals surface area contributed by atoms with Crippen LogP contribution in [0.4, 0.5) is 0 Å². The normalized spacial score (nSPS) is 34.0. The van der Waals surface area contributed by atoms with Crippen molar-refractivity contribution in [3.63, 3.8) is 0 Å². The summed E-state index contributed by atoms with van der Waals surface area (Å²) in [5.74, 6) is -2.42. The number of fused-ring (bicyclic) bond motifs is 2.